The molecule has 1 aromatic rings. The van der Waals surface area contributed by atoms with E-state index in [4.69, 9.17) is 24.5 Å². The predicted octanol–water partition coefficient (Wildman–Crippen LogP) is 4.12. The van der Waals surface area contributed by atoms with Crippen LogP contribution in [0, 0.1) is 0 Å². The van der Waals surface area contributed by atoms with Gasteiger partial charge in [-0.15, -0.1) is 0 Å². The molecule has 6 nitrogen and oxygen atoms in total. The highest BCUT2D eigenvalue weighted by Gasteiger charge is 2.04. The third-order valence-electron chi connectivity index (χ3n) is 3.84. The molecule has 0 atom stereocenters. The molecule has 0 heterocycles. The molecule has 27 heavy (non-hydrogen) atoms. The number of benzene rings is 1. The molecular weight excluding hydrogens is 346 g/mol. The van der Waals surface area contributed by atoms with Gasteiger partial charge in [0.25, 0.3) is 0 Å². The molecule has 1 rings (SSSR count). The molecule has 0 radical (unpaired) electrons. The van der Waals surface area contributed by atoms with Gasteiger partial charge in [0.2, 0.25) is 0 Å². The van der Waals surface area contributed by atoms with E-state index in [0.717, 1.165) is 31.7 Å². The lowest BCUT2D eigenvalue weighted by Gasteiger charge is -2.12. The number of hydrogen-bond donors (Lipinski definition) is 3. The Hall–Kier alpha value is -2.08. The summed E-state index contributed by atoms with van der Waals surface area (Å²) in [5, 5.41) is 18.2. The molecule has 6 heteroatoms. The summed E-state index contributed by atoms with van der Waals surface area (Å²) in [6.07, 6.45) is 8.84. The predicted molar refractivity (Wildman–Crippen MR) is 107 cm³/mol. The average Bonchev–Trinajstić information content (AvgIpc) is 2.62. The molecule has 3 N–H and O–H groups in total. The van der Waals surface area contributed by atoms with E-state index in [1.807, 2.05) is 0 Å². The molecule has 0 aromatic heterocycles. The summed E-state index contributed by atoms with van der Waals surface area (Å²) in [4.78, 5) is 18.2. The SMILES string of the molecule is CCCCCCCc1ccccc1OCCCNC(C)C.O=C(O)C(=O)O. The van der Waals surface area contributed by atoms with Crippen LogP contribution in [0.5, 0.6) is 5.75 Å². The summed E-state index contributed by atoms with van der Waals surface area (Å²) in [6, 6.07) is 9.07. The highest BCUT2D eigenvalue weighted by atomic mass is 16.5. The summed E-state index contributed by atoms with van der Waals surface area (Å²) in [5.74, 6) is -2.57. The molecule has 0 saturated heterocycles. The fourth-order valence-electron chi connectivity index (χ4n) is 2.42. The first-order valence-corrected chi connectivity index (χ1v) is 9.78. The maximum Gasteiger partial charge on any atom is 0.414 e. The Morgan fingerprint density at radius 3 is 2.22 bits per heavy atom. The second-order valence-corrected chi connectivity index (χ2v) is 6.69. The highest BCUT2D eigenvalue weighted by molar-refractivity contribution is 6.27. The Balaban J connectivity index is 0.000000972. The second-order valence-electron chi connectivity index (χ2n) is 6.69. The van der Waals surface area contributed by atoms with Crippen molar-refractivity contribution < 1.29 is 24.5 Å². The van der Waals surface area contributed by atoms with Crippen LogP contribution in [-0.4, -0.2) is 41.3 Å². The number of para-hydroxylation sites is 1. The van der Waals surface area contributed by atoms with Crippen molar-refractivity contribution in [3.63, 3.8) is 0 Å². The smallest absolute Gasteiger partial charge is 0.414 e. The molecule has 0 amide bonds. The quantitative estimate of drug-likeness (QED) is 0.372. The third kappa shape index (κ3) is 14.7. The van der Waals surface area contributed by atoms with Crippen molar-refractivity contribution in [1.82, 2.24) is 5.32 Å². The summed E-state index contributed by atoms with van der Waals surface area (Å²) >= 11 is 0. The van der Waals surface area contributed by atoms with Gasteiger partial charge in [-0.3, -0.25) is 0 Å². The van der Waals surface area contributed by atoms with Gasteiger partial charge >= 0.3 is 11.9 Å². The molecule has 0 aliphatic heterocycles. The van der Waals surface area contributed by atoms with Crippen molar-refractivity contribution in [2.45, 2.75) is 71.8 Å². The molecule has 0 aliphatic carbocycles. The van der Waals surface area contributed by atoms with Crippen molar-refractivity contribution in [2.75, 3.05) is 13.2 Å². The van der Waals surface area contributed by atoms with Crippen molar-refractivity contribution in [1.29, 1.82) is 0 Å². The third-order valence-corrected chi connectivity index (χ3v) is 3.84. The van der Waals surface area contributed by atoms with E-state index < -0.39 is 11.9 Å². The number of carbonyl (C=O) groups is 2. The van der Waals surface area contributed by atoms with Gasteiger partial charge in [-0.25, -0.2) is 9.59 Å². The summed E-state index contributed by atoms with van der Waals surface area (Å²) in [7, 11) is 0. The first-order chi connectivity index (χ1) is 12.9. The summed E-state index contributed by atoms with van der Waals surface area (Å²) in [6.45, 7) is 8.43. The topological polar surface area (TPSA) is 95.9 Å². The fourth-order valence-corrected chi connectivity index (χ4v) is 2.42. The first-order valence-electron chi connectivity index (χ1n) is 9.78. The monoisotopic (exact) mass is 381 g/mol. The van der Waals surface area contributed by atoms with E-state index in [2.05, 4.69) is 50.4 Å². The maximum absolute atomic E-state index is 9.10. The van der Waals surface area contributed by atoms with Crippen LogP contribution in [0.4, 0.5) is 0 Å². The zero-order valence-electron chi connectivity index (χ0n) is 16.9. The van der Waals surface area contributed by atoms with E-state index in [0.29, 0.717) is 6.04 Å². The van der Waals surface area contributed by atoms with E-state index >= 15 is 0 Å². The Kier molecular flexibility index (Phi) is 14.9. The zero-order chi connectivity index (χ0) is 20.5. The minimum Gasteiger partial charge on any atom is -0.493 e. The molecule has 1 aromatic carbocycles. The van der Waals surface area contributed by atoms with E-state index in [9.17, 15) is 0 Å². The molecule has 154 valence electrons. The zero-order valence-corrected chi connectivity index (χ0v) is 16.9. The summed E-state index contributed by atoms with van der Waals surface area (Å²) in [5.41, 5.74) is 1.37. The lowest BCUT2D eigenvalue weighted by atomic mass is 10.0. The van der Waals surface area contributed by atoms with Crippen molar-refractivity contribution >= 4 is 11.9 Å². The Morgan fingerprint density at radius 1 is 1.00 bits per heavy atom. The minimum absolute atomic E-state index is 0.556. The number of hydrogen-bond acceptors (Lipinski definition) is 4. The Labute approximate surface area is 162 Å². The van der Waals surface area contributed by atoms with Gasteiger partial charge in [-0.2, -0.15) is 0 Å². The second kappa shape index (κ2) is 16.1. The van der Waals surface area contributed by atoms with Gasteiger partial charge in [0, 0.05) is 6.04 Å². The number of aryl methyl sites for hydroxylation is 1. The lowest BCUT2D eigenvalue weighted by molar-refractivity contribution is -0.159. The number of ether oxygens (including phenoxy) is 1. The van der Waals surface area contributed by atoms with Gasteiger partial charge < -0.3 is 20.3 Å². The van der Waals surface area contributed by atoms with Crippen LogP contribution in [0.2, 0.25) is 0 Å². The van der Waals surface area contributed by atoms with Crippen LogP contribution in [0.1, 0.15) is 64.9 Å². The van der Waals surface area contributed by atoms with Crippen LogP contribution in [0.3, 0.4) is 0 Å². The lowest BCUT2D eigenvalue weighted by Crippen LogP contribution is -2.24. The molecule has 0 saturated carbocycles. The number of rotatable bonds is 12. The van der Waals surface area contributed by atoms with Crippen LogP contribution >= 0.6 is 0 Å². The average molecular weight is 382 g/mol. The Morgan fingerprint density at radius 2 is 1.63 bits per heavy atom. The normalized spacial score (nSPS) is 10.2. The fraction of sp³-hybridized carbons (Fsp3) is 0.619. The van der Waals surface area contributed by atoms with Crippen molar-refractivity contribution in [2.24, 2.45) is 0 Å². The highest BCUT2D eigenvalue weighted by Crippen LogP contribution is 2.20. The van der Waals surface area contributed by atoms with Crippen molar-refractivity contribution in [3.05, 3.63) is 29.8 Å². The maximum atomic E-state index is 9.10. The molecule has 0 spiro atoms. The number of carboxylic acids is 2. The van der Waals surface area contributed by atoms with Crippen molar-refractivity contribution in [3.8, 4) is 5.75 Å². The number of aliphatic carboxylic acids is 2. The van der Waals surface area contributed by atoms with Crippen LogP contribution in [-0.2, 0) is 16.0 Å². The Bertz CT molecular complexity index is 519. The largest absolute Gasteiger partial charge is 0.493 e. The van der Waals surface area contributed by atoms with E-state index in [1.165, 1.54) is 37.7 Å². The van der Waals surface area contributed by atoms with E-state index in [1.54, 1.807) is 0 Å². The van der Waals surface area contributed by atoms with E-state index in [-0.39, 0.29) is 0 Å². The number of nitrogens with one attached hydrogen (secondary N) is 1. The van der Waals surface area contributed by atoms with Gasteiger partial charge in [-0.1, -0.05) is 64.7 Å². The number of unbranched alkanes of at least 4 members (excludes halogenated alkanes) is 4. The van der Waals surface area contributed by atoms with Gasteiger partial charge in [0.1, 0.15) is 5.75 Å². The van der Waals surface area contributed by atoms with Gasteiger partial charge in [-0.05, 0) is 37.4 Å². The molecule has 0 unspecified atom stereocenters. The molecule has 0 bridgehead atoms. The minimum atomic E-state index is -1.82. The summed E-state index contributed by atoms with van der Waals surface area (Å²) < 4.78 is 5.96. The van der Waals surface area contributed by atoms with Crippen LogP contribution in [0.25, 0.3) is 0 Å². The molecule has 0 fully saturated rings. The first kappa shape index (κ1) is 24.9. The van der Waals surface area contributed by atoms with Crippen LogP contribution < -0.4 is 10.1 Å². The van der Waals surface area contributed by atoms with Crippen LogP contribution in [0.15, 0.2) is 24.3 Å². The molecule has 0 aliphatic rings. The number of carboxylic acid groups (broad SMARTS) is 2. The molecular formula is C21H35NO5. The van der Waals surface area contributed by atoms with Gasteiger partial charge in [0.15, 0.2) is 0 Å². The van der Waals surface area contributed by atoms with Gasteiger partial charge in [0.05, 0.1) is 6.61 Å². The standard InChI is InChI=1S/C19H33NO.C2H2O4/c1-4-5-6-7-8-12-18-13-9-10-14-19(18)21-16-11-15-20-17(2)3;3-1(4)2(5)6/h9-10,13-14,17,20H,4-8,11-12,15-16H2,1-3H3;(H,3,4)(H,5,6).